The van der Waals surface area contributed by atoms with Gasteiger partial charge in [-0.3, -0.25) is 4.79 Å². The maximum absolute atomic E-state index is 13.2. The second-order valence-corrected chi connectivity index (χ2v) is 3.72. The molecule has 17 heavy (non-hydrogen) atoms. The zero-order chi connectivity index (χ0) is 12.7. The van der Waals surface area contributed by atoms with Gasteiger partial charge in [0.25, 0.3) is 0 Å². The van der Waals surface area contributed by atoms with Gasteiger partial charge in [-0.15, -0.1) is 0 Å². The predicted octanol–water partition coefficient (Wildman–Crippen LogP) is 1.58. The average molecular weight is 242 g/mol. The van der Waals surface area contributed by atoms with Crippen LogP contribution in [0.4, 0.5) is 8.78 Å². The SMILES string of the molecule is CNCCCC(=O)NCc1ccc(F)cc1F. The monoisotopic (exact) mass is 242 g/mol. The van der Waals surface area contributed by atoms with Crippen molar-refractivity contribution in [3.05, 3.63) is 35.4 Å². The first-order chi connectivity index (χ1) is 8.13. The fourth-order valence-corrected chi connectivity index (χ4v) is 1.37. The van der Waals surface area contributed by atoms with Crippen molar-refractivity contribution in [1.29, 1.82) is 0 Å². The molecule has 0 spiro atoms. The molecule has 0 saturated carbocycles. The van der Waals surface area contributed by atoms with Gasteiger partial charge in [0, 0.05) is 24.6 Å². The van der Waals surface area contributed by atoms with Crippen LogP contribution in [0.5, 0.6) is 0 Å². The molecule has 0 aliphatic carbocycles. The van der Waals surface area contributed by atoms with Crippen molar-refractivity contribution in [2.24, 2.45) is 0 Å². The number of hydrogen-bond acceptors (Lipinski definition) is 2. The number of rotatable bonds is 6. The number of carbonyl (C=O) groups is 1. The van der Waals surface area contributed by atoms with Gasteiger partial charge in [0.2, 0.25) is 5.91 Å². The number of nitrogens with one attached hydrogen (secondary N) is 2. The second-order valence-electron chi connectivity index (χ2n) is 3.72. The molecule has 0 aliphatic heterocycles. The molecular weight excluding hydrogens is 226 g/mol. The van der Waals surface area contributed by atoms with E-state index in [1.165, 1.54) is 12.1 Å². The summed E-state index contributed by atoms with van der Waals surface area (Å²) >= 11 is 0. The van der Waals surface area contributed by atoms with Crippen molar-refractivity contribution < 1.29 is 13.6 Å². The van der Waals surface area contributed by atoms with E-state index in [1.807, 2.05) is 7.05 Å². The predicted molar refractivity (Wildman–Crippen MR) is 61.4 cm³/mol. The number of hydrogen-bond donors (Lipinski definition) is 2. The van der Waals surface area contributed by atoms with E-state index < -0.39 is 11.6 Å². The van der Waals surface area contributed by atoms with Gasteiger partial charge in [-0.25, -0.2) is 8.78 Å². The zero-order valence-corrected chi connectivity index (χ0v) is 9.72. The maximum atomic E-state index is 13.2. The van der Waals surface area contributed by atoms with Crippen LogP contribution in [0.2, 0.25) is 0 Å². The van der Waals surface area contributed by atoms with Crippen molar-refractivity contribution in [2.75, 3.05) is 13.6 Å². The third-order valence-corrected chi connectivity index (χ3v) is 2.32. The molecular formula is C12H16F2N2O. The fourth-order valence-electron chi connectivity index (χ4n) is 1.37. The summed E-state index contributed by atoms with van der Waals surface area (Å²) in [6.07, 6.45) is 1.12. The number of amides is 1. The van der Waals surface area contributed by atoms with E-state index in [0.29, 0.717) is 6.42 Å². The van der Waals surface area contributed by atoms with Gasteiger partial charge in [-0.2, -0.15) is 0 Å². The third kappa shape index (κ3) is 4.91. The zero-order valence-electron chi connectivity index (χ0n) is 9.72. The van der Waals surface area contributed by atoms with E-state index in [2.05, 4.69) is 10.6 Å². The van der Waals surface area contributed by atoms with Gasteiger partial charge in [0.15, 0.2) is 0 Å². The molecule has 1 amide bonds. The molecule has 2 N–H and O–H groups in total. The lowest BCUT2D eigenvalue weighted by molar-refractivity contribution is -0.121. The first-order valence-electron chi connectivity index (χ1n) is 5.48. The van der Waals surface area contributed by atoms with Gasteiger partial charge < -0.3 is 10.6 Å². The van der Waals surface area contributed by atoms with Crippen LogP contribution < -0.4 is 10.6 Å². The molecule has 94 valence electrons. The number of halogens is 2. The summed E-state index contributed by atoms with van der Waals surface area (Å²) in [6, 6.07) is 3.31. The molecule has 0 unspecified atom stereocenters. The van der Waals surface area contributed by atoms with Crippen LogP contribution in [0.25, 0.3) is 0 Å². The summed E-state index contributed by atoms with van der Waals surface area (Å²) in [6.45, 7) is 0.850. The Morgan fingerprint density at radius 2 is 2.12 bits per heavy atom. The summed E-state index contributed by atoms with van der Waals surface area (Å²) in [5.41, 5.74) is 0.286. The average Bonchev–Trinajstić information content (AvgIpc) is 2.28. The third-order valence-electron chi connectivity index (χ3n) is 2.32. The molecule has 1 aromatic rings. The highest BCUT2D eigenvalue weighted by Gasteiger charge is 2.05. The molecule has 0 fully saturated rings. The minimum absolute atomic E-state index is 0.0878. The Bertz CT molecular complexity index is 383. The lowest BCUT2D eigenvalue weighted by Gasteiger charge is -2.06. The fraction of sp³-hybridized carbons (Fsp3) is 0.417. The van der Waals surface area contributed by atoms with E-state index in [4.69, 9.17) is 0 Å². The Morgan fingerprint density at radius 3 is 2.76 bits per heavy atom. The molecule has 0 aliphatic rings. The van der Waals surface area contributed by atoms with Crippen molar-refractivity contribution in [3.8, 4) is 0 Å². The summed E-state index contributed by atoms with van der Waals surface area (Å²) in [5.74, 6) is -1.39. The van der Waals surface area contributed by atoms with Crippen LogP contribution in [0.3, 0.4) is 0 Å². The maximum Gasteiger partial charge on any atom is 0.220 e. The van der Waals surface area contributed by atoms with Crippen molar-refractivity contribution in [1.82, 2.24) is 10.6 Å². The van der Waals surface area contributed by atoms with Crippen molar-refractivity contribution in [3.63, 3.8) is 0 Å². The Balaban J connectivity index is 2.37. The van der Waals surface area contributed by atoms with Crippen LogP contribution in [-0.4, -0.2) is 19.5 Å². The van der Waals surface area contributed by atoms with E-state index in [0.717, 1.165) is 19.0 Å². The first kappa shape index (κ1) is 13.6. The number of benzene rings is 1. The second kappa shape index (κ2) is 6.96. The molecule has 0 heterocycles. The Hall–Kier alpha value is -1.49. The molecule has 0 aromatic heterocycles. The topological polar surface area (TPSA) is 41.1 Å². The van der Waals surface area contributed by atoms with Crippen LogP contribution >= 0.6 is 0 Å². The van der Waals surface area contributed by atoms with E-state index in [9.17, 15) is 13.6 Å². The lowest BCUT2D eigenvalue weighted by atomic mass is 10.2. The van der Waals surface area contributed by atoms with Crippen molar-refractivity contribution in [2.45, 2.75) is 19.4 Å². The molecule has 0 radical (unpaired) electrons. The van der Waals surface area contributed by atoms with Crippen LogP contribution in [0.15, 0.2) is 18.2 Å². The highest BCUT2D eigenvalue weighted by molar-refractivity contribution is 5.75. The smallest absolute Gasteiger partial charge is 0.220 e. The minimum Gasteiger partial charge on any atom is -0.352 e. The van der Waals surface area contributed by atoms with E-state index in [-0.39, 0.29) is 18.0 Å². The molecule has 3 nitrogen and oxygen atoms in total. The molecule has 1 rings (SSSR count). The standard InChI is InChI=1S/C12H16F2N2O/c1-15-6-2-3-12(17)16-8-9-4-5-10(13)7-11(9)14/h4-5,7,15H,2-3,6,8H2,1H3,(H,16,17). The van der Waals surface area contributed by atoms with E-state index in [1.54, 1.807) is 0 Å². The Morgan fingerprint density at radius 1 is 1.35 bits per heavy atom. The molecule has 5 heteroatoms. The van der Waals surface area contributed by atoms with Crippen molar-refractivity contribution >= 4 is 5.91 Å². The molecule has 0 bridgehead atoms. The summed E-state index contributed by atoms with van der Waals surface area (Å²) in [4.78, 5) is 11.3. The summed E-state index contributed by atoms with van der Waals surface area (Å²) in [7, 11) is 1.81. The molecule has 0 saturated heterocycles. The highest BCUT2D eigenvalue weighted by Crippen LogP contribution is 2.09. The quantitative estimate of drug-likeness (QED) is 0.744. The molecule has 1 aromatic carbocycles. The molecule has 0 atom stereocenters. The van der Waals surface area contributed by atoms with E-state index >= 15 is 0 Å². The van der Waals surface area contributed by atoms with Crippen LogP contribution in [0.1, 0.15) is 18.4 Å². The van der Waals surface area contributed by atoms with Crippen LogP contribution in [-0.2, 0) is 11.3 Å². The number of carbonyl (C=O) groups excluding carboxylic acids is 1. The van der Waals surface area contributed by atoms with Gasteiger partial charge in [0.05, 0.1) is 0 Å². The first-order valence-corrected chi connectivity index (χ1v) is 5.48. The summed E-state index contributed by atoms with van der Waals surface area (Å²) in [5, 5.41) is 5.52. The minimum atomic E-state index is -0.638. The lowest BCUT2D eigenvalue weighted by Crippen LogP contribution is -2.24. The van der Waals surface area contributed by atoms with Gasteiger partial charge in [-0.05, 0) is 26.1 Å². The Kier molecular flexibility index (Phi) is 5.56. The Labute approximate surface area is 99.2 Å². The van der Waals surface area contributed by atoms with Gasteiger partial charge in [0.1, 0.15) is 11.6 Å². The van der Waals surface area contributed by atoms with Crippen LogP contribution in [0, 0.1) is 11.6 Å². The largest absolute Gasteiger partial charge is 0.352 e. The summed E-state index contributed by atoms with van der Waals surface area (Å²) < 4.78 is 25.8. The van der Waals surface area contributed by atoms with Gasteiger partial charge >= 0.3 is 0 Å². The normalized spacial score (nSPS) is 10.3. The van der Waals surface area contributed by atoms with Gasteiger partial charge in [-0.1, -0.05) is 6.07 Å². The highest BCUT2D eigenvalue weighted by atomic mass is 19.1.